The minimum atomic E-state index is 0.0435. The number of aryl methyl sites for hydroxylation is 3. The van der Waals surface area contributed by atoms with Crippen LogP contribution in [0.2, 0.25) is 5.02 Å². The van der Waals surface area contributed by atoms with E-state index in [-0.39, 0.29) is 5.91 Å². The zero-order valence-electron chi connectivity index (χ0n) is 11.4. The van der Waals surface area contributed by atoms with Crippen LogP contribution in [0.3, 0.4) is 0 Å². The molecule has 0 fully saturated rings. The zero-order valence-corrected chi connectivity index (χ0v) is 13.0. The van der Waals surface area contributed by atoms with Crippen molar-refractivity contribution in [2.75, 3.05) is 11.4 Å². The van der Waals surface area contributed by atoms with Gasteiger partial charge in [-0.05, 0) is 49.9 Å². The van der Waals surface area contributed by atoms with Gasteiger partial charge < -0.3 is 4.90 Å². The molecule has 0 saturated heterocycles. The van der Waals surface area contributed by atoms with Crippen molar-refractivity contribution in [2.24, 2.45) is 0 Å². The van der Waals surface area contributed by atoms with E-state index in [0.717, 1.165) is 46.2 Å². The molecule has 0 radical (unpaired) electrons. The second kappa shape index (κ2) is 5.19. The molecule has 20 heavy (non-hydrogen) atoms. The van der Waals surface area contributed by atoms with E-state index in [9.17, 15) is 4.79 Å². The molecule has 5 heteroatoms. The highest BCUT2D eigenvalue weighted by atomic mass is 35.5. The van der Waals surface area contributed by atoms with Crippen molar-refractivity contribution in [3.63, 3.8) is 0 Å². The number of carbonyl (C=O) groups is 1. The Morgan fingerprint density at radius 3 is 2.90 bits per heavy atom. The van der Waals surface area contributed by atoms with Crippen molar-refractivity contribution in [3.05, 3.63) is 44.4 Å². The summed E-state index contributed by atoms with van der Waals surface area (Å²) in [5.74, 6) is 0.0435. The van der Waals surface area contributed by atoms with Crippen molar-refractivity contribution >= 4 is 34.5 Å². The third-order valence-electron chi connectivity index (χ3n) is 3.52. The smallest absolute Gasteiger partial charge is 0.270 e. The zero-order chi connectivity index (χ0) is 14.3. The maximum Gasteiger partial charge on any atom is 0.270 e. The van der Waals surface area contributed by atoms with Crippen LogP contribution in [0.15, 0.2) is 18.3 Å². The second-order valence-corrected chi connectivity index (χ2v) is 6.71. The number of carbonyl (C=O) groups excluding carboxylic acids is 1. The van der Waals surface area contributed by atoms with Gasteiger partial charge in [0.1, 0.15) is 4.88 Å². The number of anilines is 1. The summed E-state index contributed by atoms with van der Waals surface area (Å²) < 4.78 is 0. The maximum atomic E-state index is 12.7. The summed E-state index contributed by atoms with van der Waals surface area (Å²) in [5.41, 5.74) is 3.24. The quantitative estimate of drug-likeness (QED) is 0.797. The van der Waals surface area contributed by atoms with Gasteiger partial charge in [0.25, 0.3) is 5.91 Å². The van der Waals surface area contributed by atoms with Crippen molar-refractivity contribution in [3.8, 4) is 0 Å². The standard InChI is InChI=1S/C15H15ClN2OS/c1-9-6-12(16)7-11-4-3-5-18(14(9)11)15(19)13-8-17-10(2)20-13/h6-8H,3-5H2,1-2H3. The van der Waals surface area contributed by atoms with Crippen LogP contribution < -0.4 is 4.90 Å². The SMILES string of the molecule is Cc1ncc(C(=O)N2CCCc3cc(Cl)cc(C)c32)s1. The van der Waals surface area contributed by atoms with E-state index in [1.807, 2.05) is 30.9 Å². The highest BCUT2D eigenvalue weighted by Gasteiger charge is 2.26. The van der Waals surface area contributed by atoms with Gasteiger partial charge in [-0.25, -0.2) is 4.98 Å². The summed E-state index contributed by atoms with van der Waals surface area (Å²) >= 11 is 7.56. The number of hydrogen-bond acceptors (Lipinski definition) is 3. The molecule has 2 aromatic rings. The maximum absolute atomic E-state index is 12.7. The normalized spacial score (nSPS) is 14.2. The number of thiazole rings is 1. The number of rotatable bonds is 1. The fraction of sp³-hybridized carbons (Fsp3) is 0.333. The van der Waals surface area contributed by atoms with Gasteiger partial charge >= 0.3 is 0 Å². The average Bonchev–Trinajstić information content (AvgIpc) is 2.83. The van der Waals surface area contributed by atoms with Crippen molar-refractivity contribution in [1.82, 2.24) is 4.98 Å². The third-order valence-corrected chi connectivity index (χ3v) is 4.64. The summed E-state index contributed by atoms with van der Waals surface area (Å²) in [7, 11) is 0. The predicted molar refractivity (Wildman–Crippen MR) is 83.0 cm³/mol. The first kappa shape index (κ1) is 13.6. The van der Waals surface area contributed by atoms with Crippen LogP contribution in [0.5, 0.6) is 0 Å². The lowest BCUT2D eigenvalue weighted by Gasteiger charge is -2.31. The van der Waals surface area contributed by atoms with E-state index in [1.54, 1.807) is 6.20 Å². The Bertz CT molecular complexity index is 681. The molecule has 0 aliphatic carbocycles. The van der Waals surface area contributed by atoms with Crippen LogP contribution in [0, 0.1) is 13.8 Å². The molecule has 1 aliphatic rings. The molecule has 1 amide bonds. The van der Waals surface area contributed by atoms with Crippen LogP contribution in [0.25, 0.3) is 0 Å². The van der Waals surface area contributed by atoms with E-state index in [2.05, 4.69) is 4.98 Å². The third kappa shape index (κ3) is 2.34. The minimum absolute atomic E-state index is 0.0435. The molecule has 0 N–H and O–H groups in total. The molecular weight excluding hydrogens is 292 g/mol. The van der Waals surface area contributed by atoms with Gasteiger partial charge in [-0.15, -0.1) is 11.3 Å². The molecule has 1 aromatic carbocycles. The second-order valence-electron chi connectivity index (χ2n) is 5.03. The first-order valence-electron chi connectivity index (χ1n) is 6.59. The topological polar surface area (TPSA) is 33.2 Å². The monoisotopic (exact) mass is 306 g/mol. The lowest BCUT2D eigenvalue weighted by Crippen LogP contribution is -2.35. The molecule has 0 unspecified atom stereocenters. The van der Waals surface area contributed by atoms with Crippen molar-refractivity contribution in [2.45, 2.75) is 26.7 Å². The van der Waals surface area contributed by atoms with Crippen LogP contribution in [0.1, 0.15) is 32.2 Å². The first-order valence-corrected chi connectivity index (χ1v) is 7.79. The molecule has 1 aromatic heterocycles. The predicted octanol–water partition coefficient (Wildman–Crippen LogP) is 4.01. The van der Waals surface area contributed by atoms with E-state index >= 15 is 0 Å². The molecule has 0 atom stereocenters. The van der Waals surface area contributed by atoms with Crippen LogP contribution in [-0.4, -0.2) is 17.4 Å². The summed E-state index contributed by atoms with van der Waals surface area (Å²) in [4.78, 5) is 19.4. The molecule has 0 saturated carbocycles. The lowest BCUT2D eigenvalue weighted by molar-refractivity contribution is 0.0988. The number of halogens is 1. The van der Waals surface area contributed by atoms with Crippen molar-refractivity contribution < 1.29 is 4.79 Å². The van der Waals surface area contributed by atoms with Gasteiger partial charge in [-0.2, -0.15) is 0 Å². The fourth-order valence-corrected chi connectivity index (χ4v) is 3.74. The molecular formula is C15H15ClN2OS. The average molecular weight is 307 g/mol. The van der Waals surface area contributed by atoms with Crippen LogP contribution >= 0.6 is 22.9 Å². The number of fused-ring (bicyclic) bond motifs is 1. The largest absolute Gasteiger partial charge is 0.307 e. The van der Waals surface area contributed by atoms with Gasteiger partial charge in [0.2, 0.25) is 0 Å². The Hall–Kier alpha value is -1.39. The Morgan fingerprint density at radius 2 is 2.20 bits per heavy atom. The van der Waals surface area contributed by atoms with E-state index in [4.69, 9.17) is 11.6 Å². The lowest BCUT2D eigenvalue weighted by atomic mass is 9.98. The number of benzene rings is 1. The van der Waals surface area contributed by atoms with Gasteiger partial charge in [0, 0.05) is 11.6 Å². The van der Waals surface area contributed by atoms with Gasteiger partial charge in [-0.1, -0.05) is 11.6 Å². The summed E-state index contributed by atoms with van der Waals surface area (Å²) in [6, 6.07) is 3.89. The van der Waals surface area contributed by atoms with Crippen LogP contribution in [0.4, 0.5) is 5.69 Å². The first-order chi connectivity index (χ1) is 9.56. The van der Waals surface area contributed by atoms with E-state index in [0.29, 0.717) is 4.88 Å². The van der Waals surface area contributed by atoms with E-state index in [1.165, 1.54) is 11.3 Å². The Labute approximate surface area is 127 Å². The summed E-state index contributed by atoms with van der Waals surface area (Å²) in [5, 5.41) is 1.66. The molecule has 0 bridgehead atoms. The molecule has 0 spiro atoms. The highest BCUT2D eigenvalue weighted by Crippen LogP contribution is 2.34. The Kier molecular flexibility index (Phi) is 3.52. The minimum Gasteiger partial charge on any atom is -0.307 e. The van der Waals surface area contributed by atoms with Crippen LogP contribution in [-0.2, 0) is 6.42 Å². The number of hydrogen-bond donors (Lipinski definition) is 0. The highest BCUT2D eigenvalue weighted by molar-refractivity contribution is 7.13. The molecule has 2 heterocycles. The summed E-state index contributed by atoms with van der Waals surface area (Å²) in [6.07, 6.45) is 3.61. The molecule has 3 rings (SSSR count). The molecule has 3 nitrogen and oxygen atoms in total. The summed E-state index contributed by atoms with van der Waals surface area (Å²) in [6.45, 7) is 4.68. The molecule has 104 valence electrons. The number of aromatic nitrogens is 1. The van der Waals surface area contributed by atoms with Crippen molar-refractivity contribution in [1.29, 1.82) is 0 Å². The molecule has 1 aliphatic heterocycles. The Balaban J connectivity index is 2.04. The van der Waals surface area contributed by atoms with Gasteiger partial charge in [0.05, 0.1) is 16.9 Å². The Morgan fingerprint density at radius 1 is 1.40 bits per heavy atom. The number of nitrogens with zero attached hydrogens (tertiary/aromatic N) is 2. The van der Waals surface area contributed by atoms with Gasteiger partial charge in [-0.3, -0.25) is 4.79 Å². The van der Waals surface area contributed by atoms with Gasteiger partial charge in [0.15, 0.2) is 0 Å². The fourth-order valence-electron chi connectivity index (χ4n) is 2.72. The number of amides is 1. The van der Waals surface area contributed by atoms with E-state index < -0.39 is 0 Å².